The number of hydrogen-bond acceptors (Lipinski definition) is 7. The number of nitrogens with one attached hydrogen (secondary N) is 1. The molecule has 0 aliphatic carbocycles. The van der Waals surface area contributed by atoms with Gasteiger partial charge in [-0.05, 0) is 0 Å². The fraction of sp³-hybridized carbons (Fsp3) is 0.286. The van der Waals surface area contributed by atoms with Gasteiger partial charge in [0, 0.05) is 0 Å². The summed E-state index contributed by atoms with van der Waals surface area (Å²) in [6.07, 6.45) is 1.51. The first-order valence-corrected chi connectivity index (χ1v) is 5.19. The van der Waals surface area contributed by atoms with Crippen LogP contribution in [-0.4, -0.2) is 31.3 Å². The van der Waals surface area contributed by atoms with Crippen molar-refractivity contribution in [3.8, 4) is 17.6 Å². The first-order chi connectivity index (χ1) is 7.40. The summed E-state index contributed by atoms with van der Waals surface area (Å²) in [5.41, 5.74) is 0.537. The van der Waals surface area contributed by atoms with E-state index < -0.39 is 0 Å². The molecule has 2 heterocycles. The van der Waals surface area contributed by atoms with Crippen LogP contribution >= 0.6 is 11.8 Å². The van der Waals surface area contributed by atoms with Gasteiger partial charge < -0.3 is 4.52 Å². The van der Waals surface area contributed by atoms with Crippen molar-refractivity contribution < 1.29 is 4.52 Å². The summed E-state index contributed by atoms with van der Waals surface area (Å²) in [4.78, 5) is 4.09. The Morgan fingerprint density at radius 3 is 3.27 bits per heavy atom. The Morgan fingerprint density at radius 1 is 1.60 bits per heavy atom. The number of nitriles is 1. The Hall–Kier alpha value is -1.88. The Labute approximate surface area is 88.9 Å². The second-order valence-electron chi connectivity index (χ2n) is 2.52. The predicted molar refractivity (Wildman–Crippen MR) is 51.4 cm³/mol. The van der Waals surface area contributed by atoms with E-state index in [1.807, 2.05) is 6.07 Å². The second kappa shape index (κ2) is 4.56. The van der Waals surface area contributed by atoms with Crippen molar-refractivity contribution in [2.45, 2.75) is 5.75 Å². The standard InChI is InChI=1S/C7H6N6OS/c8-1-2-15-4-6-10-7(12-14-6)5-3-9-13-11-5/h3H,2,4H2,(H,9,11,13). The van der Waals surface area contributed by atoms with E-state index in [1.165, 1.54) is 18.0 Å². The summed E-state index contributed by atoms with van der Waals surface area (Å²) in [6, 6.07) is 2.02. The number of aromatic amines is 1. The van der Waals surface area contributed by atoms with Gasteiger partial charge >= 0.3 is 0 Å². The maximum atomic E-state index is 8.34. The summed E-state index contributed by atoms with van der Waals surface area (Å²) in [7, 11) is 0. The molecule has 0 aromatic carbocycles. The van der Waals surface area contributed by atoms with E-state index in [4.69, 9.17) is 9.78 Å². The van der Waals surface area contributed by atoms with Crippen LogP contribution in [0.2, 0.25) is 0 Å². The van der Waals surface area contributed by atoms with Gasteiger partial charge in [-0.15, -0.1) is 11.8 Å². The van der Waals surface area contributed by atoms with Gasteiger partial charge in [-0.2, -0.15) is 25.7 Å². The molecule has 7 nitrogen and oxygen atoms in total. The van der Waals surface area contributed by atoms with Gasteiger partial charge in [-0.3, -0.25) is 0 Å². The Morgan fingerprint density at radius 2 is 2.53 bits per heavy atom. The maximum Gasteiger partial charge on any atom is 0.237 e. The SMILES string of the molecule is N#CCSCc1nc(-c2cn[nH]n2)no1. The molecule has 0 saturated heterocycles. The van der Waals surface area contributed by atoms with E-state index in [-0.39, 0.29) is 0 Å². The largest absolute Gasteiger partial charge is 0.338 e. The normalized spacial score (nSPS) is 10.1. The summed E-state index contributed by atoms with van der Waals surface area (Å²) >= 11 is 1.42. The summed E-state index contributed by atoms with van der Waals surface area (Å²) < 4.78 is 4.96. The van der Waals surface area contributed by atoms with Gasteiger partial charge in [-0.1, -0.05) is 5.16 Å². The highest BCUT2D eigenvalue weighted by molar-refractivity contribution is 7.98. The van der Waals surface area contributed by atoms with E-state index in [1.54, 1.807) is 0 Å². The second-order valence-corrected chi connectivity index (χ2v) is 3.50. The minimum atomic E-state index is 0.399. The molecule has 0 radical (unpaired) electrons. The van der Waals surface area contributed by atoms with Crippen molar-refractivity contribution in [3.05, 3.63) is 12.1 Å². The third-order valence-electron chi connectivity index (χ3n) is 1.50. The van der Waals surface area contributed by atoms with Crippen LogP contribution in [0, 0.1) is 11.3 Å². The molecule has 0 saturated carbocycles. The van der Waals surface area contributed by atoms with Crippen molar-refractivity contribution >= 4 is 11.8 Å². The lowest BCUT2D eigenvalue weighted by molar-refractivity contribution is 0.391. The summed E-state index contributed by atoms with van der Waals surface area (Å²) in [5, 5.41) is 22.0. The number of aromatic nitrogens is 5. The van der Waals surface area contributed by atoms with Gasteiger partial charge in [0.25, 0.3) is 0 Å². The molecule has 2 aromatic heterocycles. The smallest absolute Gasteiger partial charge is 0.237 e. The van der Waals surface area contributed by atoms with Crippen molar-refractivity contribution in [1.29, 1.82) is 5.26 Å². The minimum absolute atomic E-state index is 0.399. The lowest BCUT2D eigenvalue weighted by atomic mass is 10.5. The van der Waals surface area contributed by atoms with Crippen LogP contribution in [0.4, 0.5) is 0 Å². The molecule has 1 N–H and O–H groups in total. The van der Waals surface area contributed by atoms with Crippen LogP contribution in [0.5, 0.6) is 0 Å². The van der Waals surface area contributed by atoms with Crippen LogP contribution in [0.25, 0.3) is 11.5 Å². The number of thioether (sulfide) groups is 1. The molecule has 76 valence electrons. The first kappa shape index (κ1) is 9.67. The molecular weight excluding hydrogens is 216 g/mol. The molecular formula is C7H6N6OS. The highest BCUT2D eigenvalue weighted by Gasteiger charge is 2.10. The van der Waals surface area contributed by atoms with Crippen molar-refractivity contribution in [2.75, 3.05) is 5.75 Å². The van der Waals surface area contributed by atoms with Crippen molar-refractivity contribution in [3.63, 3.8) is 0 Å². The fourth-order valence-electron chi connectivity index (χ4n) is 0.911. The quantitative estimate of drug-likeness (QED) is 0.755. The third-order valence-corrected chi connectivity index (χ3v) is 2.29. The molecule has 0 fully saturated rings. The van der Waals surface area contributed by atoms with Crippen molar-refractivity contribution in [1.82, 2.24) is 25.6 Å². The summed E-state index contributed by atoms with van der Waals surface area (Å²) in [6.45, 7) is 0. The van der Waals surface area contributed by atoms with E-state index in [0.717, 1.165) is 0 Å². The molecule has 0 bridgehead atoms. The molecule has 0 spiro atoms. The minimum Gasteiger partial charge on any atom is -0.338 e. The molecule has 0 atom stereocenters. The molecule has 15 heavy (non-hydrogen) atoms. The molecule has 2 rings (SSSR count). The lowest BCUT2D eigenvalue weighted by Crippen LogP contribution is -1.83. The number of hydrogen-bond donors (Lipinski definition) is 1. The van der Waals surface area contributed by atoms with Crippen LogP contribution in [0.3, 0.4) is 0 Å². The zero-order valence-electron chi connectivity index (χ0n) is 7.54. The molecule has 2 aromatic rings. The highest BCUT2D eigenvalue weighted by Crippen LogP contribution is 2.14. The Bertz CT molecular complexity index is 458. The monoisotopic (exact) mass is 222 g/mol. The molecule has 8 heteroatoms. The van der Waals surface area contributed by atoms with Gasteiger partial charge in [0.2, 0.25) is 11.7 Å². The van der Waals surface area contributed by atoms with Crippen LogP contribution in [-0.2, 0) is 5.75 Å². The zero-order chi connectivity index (χ0) is 10.5. The Kier molecular flexibility index (Phi) is 2.94. The molecule has 0 aliphatic heterocycles. The average Bonchev–Trinajstić information content (AvgIpc) is 2.87. The van der Waals surface area contributed by atoms with E-state index in [2.05, 4.69) is 25.6 Å². The summed E-state index contributed by atoms with van der Waals surface area (Å²) in [5.74, 6) is 1.81. The van der Waals surface area contributed by atoms with Gasteiger partial charge in [0.15, 0.2) is 5.69 Å². The van der Waals surface area contributed by atoms with Gasteiger partial charge in [0.1, 0.15) is 0 Å². The maximum absolute atomic E-state index is 8.34. The topological polar surface area (TPSA) is 104 Å². The van der Waals surface area contributed by atoms with E-state index >= 15 is 0 Å². The highest BCUT2D eigenvalue weighted by atomic mass is 32.2. The lowest BCUT2D eigenvalue weighted by Gasteiger charge is -1.86. The molecule has 0 amide bonds. The fourth-order valence-corrected chi connectivity index (χ4v) is 1.40. The van der Waals surface area contributed by atoms with Crippen LogP contribution in [0.1, 0.15) is 5.89 Å². The number of H-pyrrole nitrogens is 1. The van der Waals surface area contributed by atoms with Gasteiger partial charge in [0.05, 0.1) is 23.8 Å². The van der Waals surface area contributed by atoms with Crippen LogP contribution < -0.4 is 0 Å². The first-order valence-electron chi connectivity index (χ1n) is 4.03. The van der Waals surface area contributed by atoms with Crippen LogP contribution in [0.15, 0.2) is 10.7 Å². The van der Waals surface area contributed by atoms with E-state index in [9.17, 15) is 0 Å². The van der Waals surface area contributed by atoms with Gasteiger partial charge in [-0.25, -0.2) is 0 Å². The number of rotatable bonds is 4. The number of nitrogens with zero attached hydrogens (tertiary/aromatic N) is 5. The third kappa shape index (κ3) is 2.32. The average molecular weight is 222 g/mol. The molecule has 0 unspecified atom stereocenters. The Balaban J connectivity index is 2.02. The zero-order valence-corrected chi connectivity index (χ0v) is 8.36. The van der Waals surface area contributed by atoms with Crippen molar-refractivity contribution in [2.24, 2.45) is 0 Å². The predicted octanol–water partition coefficient (Wildman–Crippen LogP) is 0.611. The van der Waals surface area contributed by atoms with E-state index in [0.29, 0.717) is 28.9 Å². The molecule has 0 aliphatic rings.